The Hall–Kier alpha value is -0.450. The lowest BCUT2D eigenvalue weighted by atomic mass is 10.1. The molecule has 2 unspecified atom stereocenters. The molecule has 1 rings (SSSR count). The van der Waals surface area contributed by atoms with Crippen molar-refractivity contribution in [2.24, 2.45) is 5.92 Å². The van der Waals surface area contributed by atoms with Crippen molar-refractivity contribution in [3.8, 4) is 0 Å². The summed E-state index contributed by atoms with van der Waals surface area (Å²) in [7, 11) is 0. The lowest BCUT2D eigenvalue weighted by Crippen LogP contribution is -2.29. The molecule has 92 valence electrons. The Bertz CT molecular complexity index is 312. The molecule has 16 heavy (non-hydrogen) atoms. The summed E-state index contributed by atoms with van der Waals surface area (Å²) >= 11 is 1.71. The molecule has 2 atom stereocenters. The summed E-state index contributed by atoms with van der Waals surface area (Å²) in [6, 6.07) is 0.271. The highest BCUT2D eigenvalue weighted by Crippen LogP contribution is 2.19. The number of nitrogens with zero attached hydrogens (tertiary/aromatic N) is 1. The molecule has 1 heterocycles. The van der Waals surface area contributed by atoms with Gasteiger partial charge in [0.1, 0.15) is 0 Å². The molecule has 0 bridgehead atoms. The van der Waals surface area contributed by atoms with Crippen LogP contribution >= 0.6 is 11.3 Å². The third kappa shape index (κ3) is 4.60. The zero-order valence-corrected chi connectivity index (χ0v) is 11.3. The summed E-state index contributed by atoms with van der Waals surface area (Å²) < 4.78 is 0. The number of hydrogen-bond donors (Lipinski definition) is 2. The average Bonchev–Trinajstić information content (AvgIpc) is 2.60. The van der Waals surface area contributed by atoms with Crippen LogP contribution in [0.4, 0.5) is 0 Å². The fourth-order valence-corrected chi connectivity index (χ4v) is 2.43. The zero-order valence-electron chi connectivity index (χ0n) is 10.5. The van der Waals surface area contributed by atoms with E-state index in [-0.39, 0.29) is 12.1 Å². The normalized spacial score (nSPS) is 15.4. The topological polar surface area (TPSA) is 45.2 Å². The van der Waals surface area contributed by atoms with E-state index in [2.05, 4.69) is 31.1 Å². The largest absolute Gasteiger partial charge is 0.392 e. The summed E-state index contributed by atoms with van der Waals surface area (Å²) in [5.41, 5.74) is 0. The van der Waals surface area contributed by atoms with Crippen LogP contribution in [0.25, 0.3) is 0 Å². The van der Waals surface area contributed by atoms with Gasteiger partial charge in [0.05, 0.1) is 11.1 Å². The number of hydrogen-bond acceptors (Lipinski definition) is 4. The fraction of sp³-hybridized carbons (Fsp3) is 0.750. The number of nitrogens with one attached hydrogen (secondary N) is 1. The van der Waals surface area contributed by atoms with Crippen molar-refractivity contribution < 1.29 is 5.11 Å². The van der Waals surface area contributed by atoms with Crippen molar-refractivity contribution in [3.63, 3.8) is 0 Å². The maximum Gasteiger partial charge on any atom is 0.0897 e. The average molecular weight is 242 g/mol. The first kappa shape index (κ1) is 13.6. The molecule has 0 aromatic carbocycles. The highest BCUT2D eigenvalue weighted by atomic mass is 32.1. The van der Waals surface area contributed by atoms with Gasteiger partial charge in [0.25, 0.3) is 0 Å². The summed E-state index contributed by atoms with van der Waals surface area (Å²) in [5, 5.41) is 14.2. The van der Waals surface area contributed by atoms with Gasteiger partial charge in [0, 0.05) is 23.7 Å². The third-order valence-corrected chi connectivity index (χ3v) is 3.56. The van der Waals surface area contributed by atoms with Crippen molar-refractivity contribution in [1.82, 2.24) is 10.3 Å². The van der Waals surface area contributed by atoms with Crippen molar-refractivity contribution in [3.05, 3.63) is 16.1 Å². The quantitative estimate of drug-likeness (QED) is 0.805. The van der Waals surface area contributed by atoms with Crippen molar-refractivity contribution in [1.29, 1.82) is 0 Å². The van der Waals surface area contributed by atoms with E-state index in [0.29, 0.717) is 12.5 Å². The molecule has 0 aliphatic rings. The first-order valence-electron chi connectivity index (χ1n) is 5.82. The predicted octanol–water partition coefficient (Wildman–Crippen LogP) is 2.51. The maximum absolute atomic E-state index is 9.75. The lowest BCUT2D eigenvalue weighted by Gasteiger charge is -2.17. The lowest BCUT2D eigenvalue weighted by molar-refractivity contribution is 0.143. The number of aliphatic hydroxyl groups is 1. The summed E-state index contributed by atoms with van der Waals surface area (Å²) in [5.74, 6) is 0.540. The van der Waals surface area contributed by atoms with Gasteiger partial charge in [-0.3, -0.25) is 0 Å². The molecule has 0 saturated carbocycles. The Morgan fingerprint density at radius 3 is 2.62 bits per heavy atom. The van der Waals surface area contributed by atoms with E-state index in [1.165, 1.54) is 4.88 Å². The van der Waals surface area contributed by atoms with Gasteiger partial charge in [-0.15, -0.1) is 11.3 Å². The van der Waals surface area contributed by atoms with Gasteiger partial charge in [0.2, 0.25) is 0 Å². The van der Waals surface area contributed by atoms with Crippen LogP contribution in [0.5, 0.6) is 0 Å². The number of aryl methyl sites for hydroxylation is 1. The van der Waals surface area contributed by atoms with Gasteiger partial charge in [-0.05, 0) is 26.2 Å². The highest BCUT2D eigenvalue weighted by Gasteiger charge is 2.11. The Balaban J connectivity index is 2.32. The van der Waals surface area contributed by atoms with Gasteiger partial charge in [-0.25, -0.2) is 4.98 Å². The molecule has 0 radical (unpaired) electrons. The number of thiazole rings is 1. The number of rotatable bonds is 6. The van der Waals surface area contributed by atoms with Crippen LogP contribution in [0.3, 0.4) is 0 Å². The third-order valence-electron chi connectivity index (χ3n) is 2.47. The van der Waals surface area contributed by atoms with E-state index in [1.807, 2.05) is 13.1 Å². The van der Waals surface area contributed by atoms with E-state index < -0.39 is 0 Å². The second kappa shape index (κ2) is 6.33. The van der Waals surface area contributed by atoms with Crippen LogP contribution in [-0.2, 0) is 0 Å². The van der Waals surface area contributed by atoms with E-state index in [4.69, 9.17) is 0 Å². The highest BCUT2D eigenvalue weighted by molar-refractivity contribution is 7.11. The van der Waals surface area contributed by atoms with Crippen LogP contribution in [-0.4, -0.2) is 22.7 Å². The second-order valence-corrected chi connectivity index (χ2v) is 5.96. The van der Waals surface area contributed by atoms with E-state index in [1.54, 1.807) is 11.3 Å². The molecule has 0 spiro atoms. The van der Waals surface area contributed by atoms with Crippen molar-refractivity contribution in [2.45, 2.75) is 46.3 Å². The predicted molar refractivity (Wildman–Crippen MR) is 68.7 cm³/mol. The van der Waals surface area contributed by atoms with Gasteiger partial charge in [-0.2, -0.15) is 0 Å². The van der Waals surface area contributed by atoms with E-state index in [9.17, 15) is 5.11 Å². The molecule has 0 aliphatic carbocycles. The molecule has 0 saturated heterocycles. The smallest absolute Gasteiger partial charge is 0.0897 e. The minimum atomic E-state index is -0.253. The number of aliphatic hydroxyl groups excluding tert-OH is 1. The van der Waals surface area contributed by atoms with Gasteiger partial charge < -0.3 is 10.4 Å². The SMILES string of the molecule is Cc1ncc(C(C)NCC(O)CC(C)C)s1. The van der Waals surface area contributed by atoms with Crippen LogP contribution in [0.2, 0.25) is 0 Å². The maximum atomic E-state index is 9.75. The van der Waals surface area contributed by atoms with Crippen LogP contribution < -0.4 is 5.32 Å². The molecule has 0 amide bonds. The number of aromatic nitrogens is 1. The molecule has 0 aliphatic heterocycles. The van der Waals surface area contributed by atoms with Crippen LogP contribution in [0.1, 0.15) is 43.1 Å². The first-order valence-corrected chi connectivity index (χ1v) is 6.64. The first-order chi connectivity index (χ1) is 7.49. The van der Waals surface area contributed by atoms with Crippen LogP contribution in [0, 0.1) is 12.8 Å². The van der Waals surface area contributed by atoms with E-state index >= 15 is 0 Å². The zero-order chi connectivity index (χ0) is 12.1. The Labute approximate surface area is 102 Å². The fourth-order valence-electron chi connectivity index (χ4n) is 1.62. The molecule has 1 aromatic heterocycles. The molecule has 1 aromatic rings. The van der Waals surface area contributed by atoms with Crippen molar-refractivity contribution >= 4 is 11.3 Å². The second-order valence-electron chi connectivity index (χ2n) is 4.69. The molecule has 2 N–H and O–H groups in total. The minimum Gasteiger partial charge on any atom is -0.392 e. The monoisotopic (exact) mass is 242 g/mol. The molecule has 0 fully saturated rings. The summed E-state index contributed by atoms with van der Waals surface area (Å²) in [6.45, 7) is 9.01. The van der Waals surface area contributed by atoms with Crippen molar-refractivity contribution in [2.75, 3.05) is 6.54 Å². The standard InChI is InChI=1S/C12H22N2OS/c1-8(2)5-11(15)6-13-9(3)12-7-14-10(4)16-12/h7-9,11,13,15H,5-6H2,1-4H3. The summed E-state index contributed by atoms with van der Waals surface area (Å²) in [6.07, 6.45) is 2.50. The van der Waals surface area contributed by atoms with E-state index in [0.717, 1.165) is 11.4 Å². The Morgan fingerprint density at radius 2 is 2.12 bits per heavy atom. The van der Waals surface area contributed by atoms with Crippen LogP contribution in [0.15, 0.2) is 6.20 Å². The Kier molecular flexibility index (Phi) is 5.38. The van der Waals surface area contributed by atoms with Gasteiger partial charge >= 0.3 is 0 Å². The summed E-state index contributed by atoms with van der Waals surface area (Å²) in [4.78, 5) is 5.46. The molecule has 3 nitrogen and oxygen atoms in total. The Morgan fingerprint density at radius 1 is 1.44 bits per heavy atom. The minimum absolute atomic E-state index is 0.253. The molecular weight excluding hydrogens is 220 g/mol. The van der Waals surface area contributed by atoms with Gasteiger partial charge in [-0.1, -0.05) is 13.8 Å². The molecular formula is C12H22N2OS. The molecule has 4 heteroatoms. The van der Waals surface area contributed by atoms with Gasteiger partial charge in [0.15, 0.2) is 0 Å².